The molecule has 3 aromatic carbocycles. The third-order valence-corrected chi connectivity index (χ3v) is 8.81. The van der Waals surface area contributed by atoms with Gasteiger partial charge in [-0.1, -0.05) is 72.8 Å². The molecule has 1 atom stereocenters. The normalized spacial score (nSPS) is 17.8. The van der Waals surface area contributed by atoms with E-state index in [9.17, 15) is 9.18 Å². The van der Waals surface area contributed by atoms with Gasteiger partial charge >= 0.3 is 0 Å². The summed E-state index contributed by atoms with van der Waals surface area (Å²) >= 11 is 0. The highest BCUT2D eigenvalue weighted by Crippen LogP contribution is 2.24. The summed E-state index contributed by atoms with van der Waals surface area (Å²) in [5.74, 6) is -0.374. The van der Waals surface area contributed by atoms with Crippen molar-refractivity contribution in [3.63, 3.8) is 0 Å². The van der Waals surface area contributed by atoms with Gasteiger partial charge in [-0.2, -0.15) is 0 Å². The van der Waals surface area contributed by atoms with E-state index in [1.54, 1.807) is 24.3 Å². The van der Waals surface area contributed by atoms with Crippen molar-refractivity contribution in [1.82, 2.24) is 0 Å². The minimum Gasteiger partial charge on any atom is -0.398 e. The largest absolute Gasteiger partial charge is 0.398 e. The monoisotopic (exact) mass is 400 g/mol. The number of carbonyl (C=O) groups excluding carboxylic acids is 1. The number of rotatable bonds is 5. The highest BCUT2D eigenvalue weighted by molar-refractivity contribution is 6.96. The average Bonchev–Trinajstić information content (AvgIpc) is 3.10. The van der Waals surface area contributed by atoms with Crippen molar-refractivity contribution in [2.24, 2.45) is 0 Å². The van der Waals surface area contributed by atoms with Gasteiger partial charge in [0.2, 0.25) is 0 Å². The van der Waals surface area contributed by atoms with Crippen molar-refractivity contribution in [2.45, 2.75) is 12.7 Å². The standard InChI is InChI=1S/C25H21FO2Si/c1-29(21-8-4-2-5-9-21,22-10-6-3-7-11-22)28-25-17-16-24(27)23(25)18-19-12-14-20(26)15-13-19/h2-18,25H,1H3. The summed E-state index contributed by atoms with van der Waals surface area (Å²) in [6.45, 7) is 2.16. The maximum Gasteiger partial charge on any atom is 0.254 e. The summed E-state index contributed by atoms with van der Waals surface area (Å²) in [6, 6.07) is 26.5. The summed E-state index contributed by atoms with van der Waals surface area (Å²) < 4.78 is 20.0. The molecule has 0 N–H and O–H groups in total. The lowest BCUT2D eigenvalue weighted by Gasteiger charge is -2.31. The van der Waals surface area contributed by atoms with Gasteiger partial charge in [0.15, 0.2) is 5.78 Å². The van der Waals surface area contributed by atoms with Gasteiger partial charge in [0.05, 0.1) is 6.10 Å². The fourth-order valence-electron chi connectivity index (χ4n) is 3.58. The van der Waals surface area contributed by atoms with Gasteiger partial charge in [0, 0.05) is 5.57 Å². The fraction of sp³-hybridized carbons (Fsp3) is 0.0800. The first-order valence-corrected chi connectivity index (χ1v) is 12.0. The zero-order valence-electron chi connectivity index (χ0n) is 16.1. The quantitative estimate of drug-likeness (QED) is 0.476. The smallest absolute Gasteiger partial charge is 0.254 e. The Morgan fingerprint density at radius 2 is 1.41 bits per heavy atom. The first kappa shape index (κ1) is 19.2. The fourth-order valence-corrected chi connectivity index (χ4v) is 6.55. The van der Waals surface area contributed by atoms with E-state index in [2.05, 4.69) is 30.8 Å². The molecule has 0 bridgehead atoms. The van der Waals surface area contributed by atoms with Crippen molar-refractivity contribution < 1.29 is 13.6 Å². The van der Waals surface area contributed by atoms with Gasteiger partial charge < -0.3 is 4.43 Å². The Bertz CT molecular complexity index is 1020. The second kappa shape index (κ2) is 8.11. The molecule has 1 aliphatic rings. The topological polar surface area (TPSA) is 26.3 Å². The molecule has 0 saturated heterocycles. The molecule has 0 fully saturated rings. The summed E-state index contributed by atoms with van der Waals surface area (Å²) in [6.07, 6.45) is 4.72. The molecule has 2 nitrogen and oxygen atoms in total. The lowest BCUT2D eigenvalue weighted by Crippen LogP contribution is -2.59. The molecule has 1 unspecified atom stereocenters. The zero-order valence-corrected chi connectivity index (χ0v) is 17.1. The van der Waals surface area contributed by atoms with Crippen LogP contribution in [0.4, 0.5) is 4.39 Å². The molecule has 0 spiro atoms. The Morgan fingerprint density at radius 1 is 0.862 bits per heavy atom. The van der Waals surface area contributed by atoms with E-state index >= 15 is 0 Å². The number of ketones is 1. The lowest BCUT2D eigenvalue weighted by atomic mass is 10.1. The van der Waals surface area contributed by atoms with Crippen molar-refractivity contribution in [3.8, 4) is 0 Å². The van der Waals surface area contributed by atoms with Gasteiger partial charge in [-0.15, -0.1) is 0 Å². The molecule has 0 radical (unpaired) electrons. The number of allylic oxidation sites excluding steroid dienone is 1. The number of halogens is 1. The maximum absolute atomic E-state index is 13.2. The van der Waals surface area contributed by atoms with Gasteiger partial charge in [-0.3, -0.25) is 4.79 Å². The molecule has 3 aromatic rings. The third kappa shape index (κ3) is 4.04. The molecule has 1 aliphatic carbocycles. The van der Waals surface area contributed by atoms with Crippen molar-refractivity contribution in [1.29, 1.82) is 0 Å². The lowest BCUT2D eigenvalue weighted by molar-refractivity contribution is -0.111. The van der Waals surface area contributed by atoms with Crippen LogP contribution in [0.1, 0.15) is 5.56 Å². The molecule has 4 rings (SSSR count). The van der Waals surface area contributed by atoms with Gasteiger partial charge in [-0.25, -0.2) is 4.39 Å². The van der Waals surface area contributed by atoms with E-state index in [4.69, 9.17) is 4.43 Å². The van der Waals surface area contributed by atoms with Crippen LogP contribution in [0.15, 0.2) is 103 Å². The van der Waals surface area contributed by atoms with Gasteiger partial charge in [0.1, 0.15) is 5.82 Å². The van der Waals surface area contributed by atoms with Crippen LogP contribution >= 0.6 is 0 Å². The predicted octanol–water partition coefficient (Wildman–Crippen LogP) is 4.12. The molecule has 0 saturated carbocycles. The second-order valence-corrected chi connectivity index (χ2v) is 10.6. The van der Waals surface area contributed by atoms with Crippen LogP contribution < -0.4 is 10.4 Å². The van der Waals surface area contributed by atoms with Crippen LogP contribution in [-0.4, -0.2) is 20.2 Å². The average molecular weight is 401 g/mol. The number of benzene rings is 3. The van der Waals surface area contributed by atoms with Gasteiger partial charge in [0.25, 0.3) is 8.32 Å². The third-order valence-electron chi connectivity index (χ3n) is 5.22. The van der Waals surface area contributed by atoms with Crippen LogP contribution in [0.5, 0.6) is 0 Å². The molecule has 4 heteroatoms. The Morgan fingerprint density at radius 3 is 1.97 bits per heavy atom. The number of hydrogen-bond donors (Lipinski definition) is 0. The minimum atomic E-state index is -2.57. The first-order chi connectivity index (χ1) is 14.1. The summed E-state index contributed by atoms with van der Waals surface area (Å²) in [7, 11) is -2.57. The number of hydrogen-bond acceptors (Lipinski definition) is 2. The molecule has 0 aromatic heterocycles. The van der Waals surface area contributed by atoms with Crippen molar-refractivity contribution in [3.05, 3.63) is 114 Å². The highest BCUT2D eigenvalue weighted by atomic mass is 28.4. The first-order valence-electron chi connectivity index (χ1n) is 9.55. The predicted molar refractivity (Wildman–Crippen MR) is 117 cm³/mol. The molecular formula is C25H21FO2Si. The Kier molecular flexibility index (Phi) is 5.38. The summed E-state index contributed by atoms with van der Waals surface area (Å²) in [5, 5.41) is 2.28. The molecule has 144 valence electrons. The van der Waals surface area contributed by atoms with Crippen LogP contribution in [0.25, 0.3) is 6.08 Å². The summed E-state index contributed by atoms with van der Waals surface area (Å²) in [4.78, 5) is 12.5. The SMILES string of the molecule is C[Si](OC1C=CC(=O)C1=Cc1ccc(F)cc1)(c1ccccc1)c1ccccc1. The zero-order chi connectivity index (χ0) is 20.3. The van der Waals surface area contributed by atoms with E-state index in [1.807, 2.05) is 42.5 Å². The minimum absolute atomic E-state index is 0.0724. The summed E-state index contributed by atoms with van der Waals surface area (Å²) in [5.41, 5.74) is 1.34. The van der Waals surface area contributed by atoms with Crippen LogP contribution in [-0.2, 0) is 9.22 Å². The molecule has 0 amide bonds. The second-order valence-electron chi connectivity index (χ2n) is 7.18. The van der Waals surface area contributed by atoms with Crippen molar-refractivity contribution >= 4 is 30.6 Å². The van der Waals surface area contributed by atoms with Crippen LogP contribution in [0.2, 0.25) is 6.55 Å². The van der Waals surface area contributed by atoms with E-state index < -0.39 is 14.4 Å². The Labute approximate surface area is 171 Å². The van der Waals surface area contributed by atoms with E-state index in [1.165, 1.54) is 12.1 Å². The van der Waals surface area contributed by atoms with E-state index in [-0.39, 0.29) is 11.6 Å². The van der Waals surface area contributed by atoms with Gasteiger partial charge in [-0.05, 0) is 52.8 Å². The van der Waals surface area contributed by atoms with Crippen LogP contribution in [0, 0.1) is 5.82 Å². The van der Waals surface area contributed by atoms with E-state index in [0.29, 0.717) is 5.57 Å². The Balaban J connectivity index is 1.72. The maximum atomic E-state index is 13.2. The molecular weight excluding hydrogens is 379 g/mol. The molecule has 29 heavy (non-hydrogen) atoms. The van der Waals surface area contributed by atoms with Crippen molar-refractivity contribution in [2.75, 3.05) is 0 Å². The number of carbonyl (C=O) groups is 1. The highest BCUT2D eigenvalue weighted by Gasteiger charge is 2.39. The molecule has 0 aliphatic heterocycles. The Hall–Kier alpha value is -3.08. The molecule has 0 heterocycles. The van der Waals surface area contributed by atoms with Crippen LogP contribution in [0.3, 0.4) is 0 Å². The van der Waals surface area contributed by atoms with E-state index in [0.717, 1.165) is 15.9 Å².